The number of aliphatic hydroxyl groups is 2. The molecule has 0 spiro atoms. The minimum atomic E-state index is -5.02. The molecule has 1 aliphatic rings. The SMILES string of the molecule is COP(=O)(O)OP(=O)(O)OC[C@H]1O[C@@H](n2cnc3c(N)ncnc32)C(O)C1O. The Hall–Kier alpha value is -1.51. The minimum absolute atomic E-state index is 0.0987. The Bertz CT molecular complexity index is 955. The number of hydrogen-bond acceptors (Lipinski definition) is 12. The summed E-state index contributed by atoms with van der Waals surface area (Å²) in [6, 6.07) is 0. The zero-order valence-electron chi connectivity index (χ0n) is 14.2. The molecule has 0 saturated carbocycles. The van der Waals surface area contributed by atoms with Crippen molar-refractivity contribution in [2.75, 3.05) is 19.5 Å². The first-order valence-corrected chi connectivity index (χ1v) is 10.6. The van der Waals surface area contributed by atoms with Gasteiger partial charge in [0.1, 0.15) is 30.2 Å². The van der Waals surface area contributed by atoms with Crippen LogP contribution in [-0.2, 0) is 27.2 Å². The Balaban J connectivity index is 1.73. The lowest BCUT2D eigenvalue weighted by atomic mass is 10.1. The van der Waals surface area contributed by atoms with Crippen molar-refractivity contribution in [2.45, 2.75) is 24.5 Å². The number of nitrogen functional groups attached to an aromatic ring is 1. The lowest BCUT2D eigenvalue weighted by Crippen LogP contribution is -2.33. The molecule has 3 rings (SSSR count). The molecule has 15 nitrogen and oxygen atoms in total. The van der Waals surface area contributed by atoms with E-state index in [9.17, 15) is 24.2 Å². The second kappa shape index (κ2) is 7.72. The average Bonchev–Trinajstić information content (AvgIpc) is 3.16. The van der Waals surface area contributed by atoms with E-state index < -0.39 is 46.8 Å². The van der Waals surface area contributed by atoms with Gasteiger partial charge in [-0.2, -0.15) is 4.31 Å². The van der Waals surface area contributed by atoms with E-state index in [1.165, 1.54) is 17.2 Å². The monoisotopic (exact) mass is 441 g/mol. The summed E-state index contributed by atoms with van der Waals surface area (Å²) in [5, 5.41) is 20.4. The van der Waals surface area contributed by atoms with Crippen molar-refractivity contribution in [1.29, 1.82) is 0 Å². The van der Waals surface area contributed by atoms with Gasteiger partial charge in [-0.3, -0.25) is 13.6 Å². The standard InChI is InChI=1S/C11H17N5O10P2/c1-23-27(19,20)26-28(21,22)24-2-5-7(17)8(18)11(25-5)16-4-15-6-9(12)13-3-14-10(6)16/h3-5,7-8,11,17-18H,2H2,1H3,(H,19,20)(H,21,22)(H2,12,13,14)/t5-,7?,8?,11-/m1/s1. The van der Waals surface area contributed by atoms with E-state index in [0.717, 1.165) is 7.11 Å². The van der Waals surface area contributed by atoms with Gasteiger partial charge in [-0.15, -0.1) is 0 Å². The molecule has 1 saturated heterocycles. The van der Waals surface area contributed by atoms with E-state index in [1.807, 2.05) is 0 Å². The molecule has 4 unspecified atom stereocenters. The smallest absolute Gasteiger partial charge is 0.387 e. The number of ether oxygens (including phenoxy) is 1. The molecule has 156 valence electrons. The molecule has 1 aliphatic heterocycles. The van der Waals surface area contributed by atoms with Crippen molar-refractivity contribution in [1.82, 2.24) is 19.5 Å². The van der Waals surface area contributed by atoms with Crippen LogP contribution < -0.4 is 5.73 Å². The first-order valence-electron chi connectivity index (χ1n) is 7.56. The molecule has 6 atom stereocenters. The number of phosphoric acid groups is 2. The maximum Gasteiger partial charge on any atom is 0.481 e. The summed E-state index contributed by atoms with van der Waals surface area (Å²) in [4.78, 5) is 30.3. The summed E-state index contributed by atoms with van der Waals surface area (Å²) >= 11 is 0. The van der Waals surface area contributed by atoms with E-state index in [4.69, 9.17) is 15.4 Å². The third kappa shape index (κ3) is 4.23. The number of nitrogens with zero attached hydrogens (tertiary/aromatic N) is 4. The molecule has 0 amide bonds. The maximum atomic E-state index is 11.7. The second-order valence-corrected chi connectivity index (χ2v) is 8.78. The van der Waals surface area contributed by atoms with Gasteiger partial charge in [-0.25, -0.2) is 24.1 Å². The molecule has 6 N–H and O–H groups in total. The fourth-order valence-corrected chi connectivity index (χ4v) is 4.34. The normalized spacial score (nSPS) is 29.6. The summed E-state index contributed by atoms with van der Waals surface area (Å²) in [6.07, 6.45) is -3.04. The average molecular weight is 441 g/mol. The first-order chi connectivity index (χ1) is 13.0. The molecular formula is C11H17N5O10P2. The second-order valence-electron chi connectivity index (χ2n) is 5.63. The number of aliphatic hydroxyl groups excluding tert-OH is 2. The molecule has 0 aromatic carbocycles. The van der Waals surface area contributed by atoms with Crippen molar-refractivity contribution in [2.24, 2.45) is 0 Å². The molecule has 0 bridgehead atoms. The Labute approximate surface area is 156 Å². The highest BCUT2D eigenvalue weighted by molar-refractivity contribution is 7.61. The minimum Gasteiger partial charge on any atom is -0.387 e. The van der Waals surface area contributed by atoms with Gasteiger partial charge in [0.25, 0.3) is 0 Å². The summed E-state index contributed by atoms with van der Waals surface area (Å²) in [5.74, 6) is 0.0987. The third-order valence-corrected chi connectivity index (χ3v) is 6.43. The molecule has 17 heteroatoms. The van der Waals surface area contributed by atoms with Crippen LogP contribution in [0.25, 0.3) is 11.2 Å². The third-order valence-electron chi connectivity index (χ3n) is 3.84. The van der Waals surface area contributed by atoms with E-state index in [0.29, 0.717) is 0 Å². The molecule has 1 fully saturated rings. The quantitative estimate of drug-likeness (QED) is 0.322. The topological polar surface area (TPSA) is 222 Å². The first kappa shape index (κ1) is 21.2. The fourth-order valence-electron chi connectivity index (χ4n) is 2.51. The van der Waals surface area contributed by atoms with Gasteiger partial charge >= 0.3 is 15.6 Å². The highest BCUT2D eigenvalue weighted by Crippen LogP contribution is 2.60. The fraction of sp³-hybridized carbons (Fsp3) is 0.545. The molecular weight excluding hydrogens is 424 g/mol. The molecule has 28 heavy (non-hydrogen) atoms. The van der Waals surface area contributed by atoms with E-state index >= 15 is 0 Å². The zero-order chi connectivity index (χ0) is 20.7. The number of rotatable bonds is 7. The molecule has 2 aromatic rings. The molecule has 0 aliphatic carbocycles. The molecule has 2 aromatic heterocycles. The van der Waals surface area contributed by atoms with Gasteiger partial charge in [-0.1, -0.05) is 0 Å². The van der Waals surface area contributed by atoms with Gasteiger partial charge in [-0.05, 0) is 0 Å². The Morgan fingerprint density at radius 2 is 1.93 bits per heavy atom. The number of phosphoric ester groups is 2. The van der Waals surface area contributed by atoms with E-state index in [1.54, 1.807) is 0 Å². The molecule has 0 radical (unpaired) electrons. The lowest BCUT2D eigenvalue weighted by Gasteiger charge is -2.18. The van der Waals surface area contributed by atoms with Gasteiger partial charge in [0.05, 0.1) is 12.9 Å². The van der Waals surface area contributed by atoms with Crippen molar-refractivity contribution < 1.29 is 47.2 Å². The Morgan fingerprint density at radius 1 is 1.21 bits per heavy atom. The van der Waals surface area contributed by atoms with Crippen LogP contribution in [0, 0.1) is 0 Å². The number of aromatic nitrogens is 4. The number of imidazole rings is 1. The number of fused-ring (bicyclic) bond motifs is 1. The van der Waals surface area contributed by atoms with Crippen LogP contribution in [-0.4, -0.2) is 71.5 Å². The number of nitrogens with two attached hydrogens (primary N) is 1. The highest BCUT2D eigenvalue weighted by atomic mass is 31.3. The van der Waals surface area contributed by atoms with Crippen LogP contribution in [0.3, 0.4) is 0 Å². The maximum absolute atomic E-state index is 11.7. The van der Waals surface area contributed by atoms with Crippen LogP contribution in [0.4, 0.5) is 5.82 Å². The number of anilines is 1. The Kier molecular flexibility index (Phi) is 5.85. The molecule has 3 heterocycles. The van der Waals surface area contributed by atoms with Crippen LogP contribution in [0.15, 0.2) is 12.7 Å². The van der Waals surface area contributed by atoms with Gasteiger partial charge in [0, 0.05) is 7.11 Å². The summed E-state index contributed by atoms with van der Waals surface area (Å²) < 4.78 is 42.3. The summed E-state index contributed by atoms with van der Waals surface area (Å²) in [5.41, 5.74) is 6.16. The zero-order valence-corrected chi connectivity index (χ0v) is 16.0. The van der Waals surface area contributed by atoms with Crippen molar-refractivity contribution in [3.63, 3.8) is 0 Å². The van der Waals surface area contributed by atoms with Crippen molar-refractivity contribution in [3.05, 3.63) is 12.7 Å². The van der Waals surface area contributed by atoms with Gasteiger partial charge in [0.2, 0.25) is 0 Å². The highest BCUT2D eigenvalue weighted by Gasteiger charge is 2.46. The lowest BCUT2D eigenvalue weighted by molar-refractivity contribution is -0.0503. The van der Waals surface area contributed by atoms with Crippen LogP contribution in [0.1, 0.15) is 6.23 Å². The van der Waals surface area contributed by atoms with E-state index in [2.05, 4.69) is 28.3 Å². The van der Waals surface area contributed by atoms with Crippen LogP contribution in [0.2, 0.25) is 0 Å². The van der Waals surface area contributed by atoms with Crippen LogP contribution >= 0.6 is 15.6 Å². The van der Waals surface area contributed by atoms with E-state index in [-0.39, 0.29) is 17.0 Å². The predicted molar refractivity (Wildman–Crippen MR) is 89.4 cm³/mol. The van der Waals surface area contributed by atoms with Crippen molar-refractivity contribution >= 4 is 32.6 Å². The summed E-state index contributed by atoms with van der Waals surface area (Å²) in [6.45, 7) is -0.754. The largest absolute Gasteiger partial charge is 0.481 e. The van der Waals surface area contributed by atoms with Crippen LogP contribution in [0.5, 0.6) is 0 Å². The number of hydrogen-bond donors (Lipinski definition) is 5. The van der Waals surface area contributed by atoms with Crippen molar-refractivity contribution in [3.8, 4) is 0 Å². The Morgan fingerprint density at radius 3 is 2.61 bits per heavy atom. The van der Waals surface area contributed by atoms with Gasteiger partial charge < -0.3 is 30.5 Å². The summed E-state index contributed by atoms with van der Waals surface area (Å²) in [7, 11) is -9.03. The predicted octanol–water partition coefficient (Wildman–Crippen LogP) is -1.09. The van der Waals surface area contributed by atoms with Gasteiger partial charge in [0.15, 0.2) is 17.7 Å².